The molecule has 16 heteroatoms. The first-order valence-corrected chi connectivity index (χ1v) is 21.6. The lowest BCUT2D eigenvalue weighted by molar-refractivity contribution is -0.127. The highest BCUT2D eigenvalue weighted by molar-refractivity contribution is 8.00. The Kier molecular flexibility index (Phi) is 12.7. The number of hydrogen-bond acceptors (Lipinski definition) is 11. The average Bonchev–Trinajstić information content (AvgIpc) is 3.94. The SMILES string of the molecule is Nc1ncnc2c1c(-c1ccc(Oc3ccccc3)cc1)nn2C1CCCN(C(=O)C=CCN2CCN(CCNC(=O)CCCCC3SCC4NC(=O)NC43)CC2)C1. The number of anilines is 1. The largest absolute Gasteiger partial charge is 0.457 e. The van der Waals surface area contributed by atoms with E-state index in [2.05, 4.69) is 35.7 Å². The number of amides is 4. The standard InChI is InChI=1S/C42H53N11O4S/c43-40-37-38(29-14-16-32(17-15-29)57-31-9-2-1-3-10-31)49-53(41(37)46-28-45-40)30-8-6-20-52(26-30)36(55)13-7-19-50-22-24-51(25-23-50)21-18-44-35(54)12-5-4-11-34-39-33(27-58-34)47-42(56)48-39/h1-3,7,9-10,13-17,28,30,33-34,39H,4-6,8,11-12,18-27H2,(H,44,54)(H2,43,45,46)(H2,47,48,56). The minimum Gasteiger partial charge on any atom is -0.457 e. The number of hydrogen-bond donors (Lipinski definition) is 4. The van der Waals surface area contributed by atoms with Crippen molar-refractivity contribution in [3.63, 3.8) is 0 Å². The molecule has 306 valence electrons. The molecule has 4 aromatic rings. The molecule has 15 nitrogen and oxygen atoms in total. The molecule has 4 saturated heterocycles. The van der Waals surface area contributed by atoms with E-state index in [-0.39, 0.29) is 36.0 Å². The third-order valence-electron chi connectivity index (χ3n) is 11.6. The molecule has 58 heavy (non-hydrogen) atoms. The van der Waals surface area contributed by atoms with Crippen molar-refractivity contribution in [1.82, 2.24) is 50.4 Å². The summed E-state index contributed by atoms with van der Waals surface area (Å²) in [5, 5.41) is 15.3. The molecule has 2 aromatic carbocycles. The number of unbranched alkanes of at least 4 members (excludes halogenated alkanes) is 1. The van der Waals surface area contributed by atoms with Crippen LogP contribution >= 0.6 is 11.8 Å². The number of urea groups is 1. The van der Waals surface area contributed by atoms with E-state index in [4.69, 9.17) is 15.6 Å². The van der Waals surface area contributed by atoms with Crippen molar-refractivity contribution >= 4 is 46.5 Å². The third-order valence-corrected chi connectivity index (χ3v) is 13.1. The molecule has 4 atom stereocenters. The number of nitrogens with zero attached hydrogens (tertiary/aromatic N) is 7. The first-order chi connectivity index (χ1) is 28.4. The number of piperidine rings is 1. The zero-order valence-corrected chi connectivity index (χ0v) is 33.6. The Morgan fingerprint density at radius 1 is 0.966 bits per heavy atom. The van der Waals surface area contributed by atoms with Gasteiger partial charge in [-0.05, 0) is 62.1 Å². The Morgan fingerprint density at radius 2 is 1.76 bits per heavy atom. The number of carbonyl (C=O) groups is 3. The summed E-state index contributed by atoms with van der Waals surface area (Å²) in [5.41, 5.74) is 8.65. The van der Waals surface area contributed by atoms with Crippen molar-refractivity contribution in [3.8, 4) is 22.8 Å². The van der Waals surface area contributed by atoms with Crippen molar-refractivity contribution in [2.75, 3.05) is 70.4 Å². The second-order valence-electron chi connectivity index (χ2n) is 15.5. The van der Waals surface area contributed by atoms with Crippen molar-refractivity contribution in [3.05, 3.63) is 73.1 Å². The number of piperazine rings is 1. The fourth-order valence-corrected chi connectivity index (χ4v) is 9.98. The first-order valence-electron chi connectivity index (χ1n) is 20.6. The number of nitrogens with one attached hydrogen (secondary N) is 3. The smallest absolute Gasteiger partial charge is 0.315 e. The topological polar surface area (TPSA) is 176 Å². The minimum atomic E-state index is -0.0551. The van der Waals surface area contributed by atoms with Crippen LogP contribution in [0.15, 0.2) is 73.1 Å². The number of thioether (sulfide) groups is 1. The lowest BCUT2D eigenvalue weighted by Gasteiger charge is -2.34. The normalized spacial score (nSPS) is 22.6. The molecule has 6 heterocycles. The Morgan fingerprint density at radius 3 is 2.59 bits per heavy atom. The Balaban J connectivity index is 0.759. The van der Waals surface area contributed by atoms with Crippen molar-refractivity contribution in [1.29, 1.82) is 0 Å². The summed E-state index contributed by atoms with van der Waals surface area (Å²) in [4.78, 5) is 53.0. The van der Waals surface area contributed by atoms with Gasteiger partial charge < -0.3 is 31.3 Å². The average molecular weight is 808 g/mol. The number of ether oxygens (including phenoxy) is 1. The van der Waals surface area contributed by atoms with Crippen LogP contribution in [0.4, 0.5) is 10.6 Å². The van der Waals surface area contributed by atoms with Gasteiger partial charge >= 0.3 is 6.03 Å². The molecule has 4 amide bonds. The second kappa shape index (κ2) is 18.6. The molecule has 8 rings (SSSR count). The van der Waals surface area contributed by atoms with Crippen molar-refractivity contribution in [2.24, 2.45) is 0 Å². The molecule has 4 aliphatic rings. The highest BCUT2D eigenvalue weighted by Gasteiger charge is 2.42. The number of para-hydroxylation sites is 1. The summed E-state index contributed by atoms with van der Waals surface area (Å²) in [6, 6.07) is 17.8. The molecule has 0 bridgehead atoms. The van der Waals surface area contributed by atoms with Gasteiger partial charge in [0.1, 0.15) is 29.3 Å². The molecule has 0 radical (unpaired) electrons. The summed E-state index contributed by atoms with van der Waals surface area (Å²) < 4.78 is 7.91. The molecule has 0 spiro atoms. The molecule has 0 saturated carbocycles. The van der Waals surface area contributed by atoms with Gasteiger partial charge in [-0.25, -0.2) is 19.4 Å². The van der Waals surface area contributed by atoms with Crippen LogP contribution in [0.2, 0.25) is 0 Å². The highest BCUT2D eigenvalue weighted by Crippen LogP contribution is 2.35. The Labute approximate surface area is 343 Å². The summed E-state index contributed by atoms with van der Waals surface area (Å²) in [5.74, 6) is 2.92. The van der Waals surface area contributed by atoms with Gasteiger partial charge in [-0.2, -0.15) is 16.9 Å². The van der Waals surface area contributed by atoms with Gasteiger partial charge in [0.25, 0.3) is 0 Å². The lowest BCUT2D eigenvalue weighted by Crippen LogP contribution is -2.48. The quantitative estimate of drug-likeness (QED) is 0.0775. The summed E-state index contributed by atoms with van der Waals surface area (Å²) >= 11 is 1.92. The number of rotatable bonds is 15. The number of likely N-dealkylation sites (tertiary alicyclic amines) is 1. The maximum atomic E-state index is 13.4. The van der Waals surface area contributed by atoms with Crippen molar-refractivity contribution < 1.29 is 19.1 Å². The van der Waals surface area contributed by atoms with Gasteiger partial charge in [-0.1, -0.05) is 30.7 Å². The van der Waals surface area contributed by atoms with Crippen LogP contribution in [0, 0.1) is 0 Å². The van der Waals surface area contributed by atoms with Crippen LogP contribution in [0.1, 0.15) is 44.6 Å². The predicted molar refractivity (Wildman–Crippen MR) is 226 cm³/mol. The number of nitrogens with two attached hydrogens (primary N) is 1. The molecule has 4 unspecified atom stereocenters. The van der Waals surface area contributed by atoms with Crippen LogP contribution in [0.5, 0.6) is 11.5 Å². The fraction of sp³-hybridized carbons (Fsp3) is 0.476. The van der Waals surface area contributed by atoms with Gasteiger partial charge in [0, 0.05) is 88.0 Å². The van der Waals surface area contributed by atoms with Crippen LogP contribution < -0.4 is 26.4 Å². The van der Waals surface area contributed by atoms with E-state index in [1.165, 1.54) is 6.33 Å². The monoisotopic (exact) mass is 807 g/mol. The van der Waals surface area contributed by atoms with Crippen LogP contribution in [-0.4, -0.2) is 134 Å². The zero-order valence-electron chi connectivity index (χ0n) is 32.8. The van der Waals surface area contributed by atoms with Gasteiger partial charge in [-0.15, -0.1) is 0 Å². The van der Waals surface area contributed by atoms with Gasteiger partial charge in [-0.3, -0.25) is 19.4 Å². The number of aromatic nitrogens is 4. The van der Waals surface area contributed by atoms with E-state index in [1.54, 1.807) is 6.08 Å². The molecule has 2 aromatic heterocycles. The maximum absolute atomic E-state index is 13.4. The van der Waals surface area contributed by atoms with E-state index in [9.17, 15) is 14.4 Å². The van der Waals surface area contributed by atoms with Gasteiger partial charge in [0.2, 0.25) is 11.8 Å². The zero-order chi connectivity index (χ0) is 39.8. The number of benzene rings is 2. The molecule has 4 fully saturated rings. The van der Waals surface area contributed by atoms with E-state index >= 15 is 0 Å². The molecule has 0 aliphatic carbocycles. The van der Waals surface area contributed by atoms with Crippen LogP contribution in [-0.2, 0) is 9.59 Å². The molecule has 4 aliphatic heterocycles. The summed E-state index contributed by atoms with van der Waals surface area (Å²) in [6.45, 7) is 7.11. The van der Waals surface area contributed by atoms with E-state index in [0.717, 1.165) is 88.4 Å². The van der Waals surface area contributed by atoms with Crippen molar-refractivity contribution in [2.45, 2.75) is 61.9 Å². The maximum Gasteiger partial charge on any atom is 0.315 e. The third kappa shape index (κ3) is 9.56. The lowest BCUT2D eigenvalue weighted by atomic mass is 10.0. The molecular formula is C42H53N11O4S. The highest BCUT2D eigenvalue weighted by atomic mass is 32.2. The number of nitrogen functional groups attached to an aromatic ring is 1. The minimum absolute atomic E-state index is 0.00424. The molecule has 5 N–H and O–H groups in total. The predicted octanol–water partition coefficient (Wildman–Crippen LogP) is 4.05. The summed E-state index contributed by atoms with van der Waals surface area (Å²) in [6.07, 6.45) is 10.3. The first kappa shape index (κ1) is 39.6. The number of carbonyl (C=O) groups excluding carboxylic acids is 3. The van der Waals surface area contributed by atoms with E-state index in [0.29, 0.717) is 59.6 Å². The Bertz CT molecular complexity index is 2070. The van der Waals surface area contributed by atoms with Gasteiger partial charge in [0.15, 0.2) is 5.65 Å². The van der Waals surface area contributed by atoms with Crippen LogP contribution in [0.25, 0.3) is 22.3 Å². The second-order valence-corrected chi connectivity index (χ2v) is 16.8. The number of fused-ring (bicyclic) bond motifs is 2. The fourth-order valence-electron chi connectivity index (χ4n) is 8.43. The molecular weight excluding hydrogens is 755 g/mol. The summed E-state index contributed by atoms with van der Waals surface area (Å²) in [7, 11) is 0. The van der Waals surface area contributed by atoms with Gasteiger partial charge in [0.05, 0.1) is 23.5 Å². The van der Waals surface area contributed by atoms with Crippen LogP contribution in [0.3, 0.4) is 0 Å². The Hall–Kier alpha value is -5.19. The van der Waals surface area contributed by atoms with E-state index in [1.807, 2.05) is 82.0 Å². The van der Waals surface area contributed by atoms with E-state index < -0.39 is 0 Å².